The number of hydrogen-bond acceptors (Lipinski definition) is 6. The number of aliphatic hydroxyl groups is 3. The Morgan fingerprint density at radius 3 is 2.47 bits per heavy atom. The van der Waals surface area contributed by atoms with Gasteiger partial charge in [-0.1, -0.05) is 6.07 Å². The molecule has 17 heavy (non-hydrogen) atoms. The first-order chi connectivity index (χ1) is 8.21. The van der Waals surface area contributed by atoms with E-state index in [1.54, 1.807) is 12.1 Å². The number of hydrogen-bond donors (Lipinski definition) is 4. The van der Waals surface area contributed by atoms with Gasteiger partial charge in [0.2, 0.25) is 0 Å². The molecule has 0 bridgehead atoms. The lowest BCUT2D eigenvalue weighted by atomic mass is 10.0. The van der Waals surface area contributed by atoms with Gasteiger partial charge in [-0.3, -0.25) is 0 Å². The molecule has 0 aliphatic heterocycles. The van der Waals surface area contributed by atoms with Crippen molar-refractivity contribution in [2.75, 3.05) is 19.8 Å². The molecule has 0 aromatic carbocycles. The van der Waals surface area contributed by atoms with Gasteiger partial charge in [0, 0.05) is 18.3 Å². The van der Waals surface area contributed by atoms with E-state index in [0.29, 0.717) is 5.56 Å². The highest BCUT2D eigenvalue weighted by Gasteiger charge is 2.27. The molecule has 6 nitrogen and oxygen atoms in total. The molecule has 0 saturated heterocycles. The minimum absolute atomic E-state index is 0.235. The van der Waals surface area contributed by atoms with Gasteiger partial charge in [0.15, 0.2) is 0 Å². The summed E-state index contributed by atoms with van der Waals surface area (Å²) in [5, 5.41) is 39.0. The van der Waals surface area contributed by atoms with E-state index in [1.165, 1.54) is 6.20 Å². The summed E-state index contributed by atoms with van der Waals surface area (Å²) in [5.74, 6) is 0. The van der Waals surface area contributed by atoms with Gasteiger partial charge in [-0.15, -0.1) is 0 Å². The van der Waals surface area contributed by atoms with Crippen molar-refractivity contribution in [3.8, 4) is 6.07 Å². The van der Waals surface area contributed by atoms with Crippen LogP contribution < -0.4 is 5.32 Å². The van der Waals surface area contributed by atoms with Crippen molar-refractivity contribution >= 4 is 0 Å². The van der Waals surface area contributed by atoms with Crippen molar-refractivity contribution in [3.63, 3.8) is 0 Å². The maximum Gasteiger partial charge on any atom is 0.144 e. The molecule has 92 valence electrons. The van der Waals surface area contributed by atoms with Gasteiger partial charge in [0.1, 0.15) is 11.8 Å². The second kappa shape index (κ2) is 6.27. The molecule has 0 amide bonds. The number of nitrogens with one attached hydrogen (secondary N) is 1. The van der Waals surface area contributed by atoms with Crippen molar-refractivity contribution in [2.24, 2.45) is 0 Å². The third-order valence-corrected chi connectivity index (χ3v) is 2.56. The van der Waals surface area contributed by atoms with E-state index in [2.05, 4.69) is 10.3 Å². The topological polar surface area (TPSA) is 109 Å². The molecule has 0 aliphatic carbocycles. The van der Waals surface area contributed by atoms with Crippen molar-refractivity contribution in [1.29, 1.82) is 5.26 Å². The molecular weight excluding hydrogens is 222 g/mol. The van der Waals surface area contributed by atoms with Crippen LogP contribution in [0, 0.1) is 11.3 Å². The lowest BCUT2D eigenvalue weighted by molar-refractivity contribution is 0.0413. The number of nitriles is 1. The Bertz CT molecular complexity index is 391. The van der Waals surface area contributed by atoms with E-state index < -0.39 is 25.4 Å². The lowest BCUT2D eigenvalue weighted by Gasteiger charge is -2.28. The van der Waals surface area contributed by atoms with Crippen LogP contribution in [0.3, 0.4) is 0 Å². The van der Waals surface area contributed by atoms with Gasteiger partial charge in [-0.25, -0.2) is 4.98 Å². The molecule has 4 N–H and O–H groups in total. The average Bonchev–Trinajstić information content (AvgIpc) is 2.41. The van der Waals surface area contributed by atoms with Gasteiger partial charge in [-0.2, -0.15) is 5.26 Å². The monoisotopic (exact) mass is 237 g/mol. The maximum atomic E-state index is 9.12. The summed E-state index contributed by atoms with van der Waals surface area (Å²) < 4.78 is 0. The number of pyridine rings is 1. The molecule has 0 spiro atoms. The molecule has 6 heteroatoms. The molecule has 0 atom stereocenters. The van der Waals surface area contributed by atoms with Crippen LogP contribution in [0.5, 0.6) is 0 Å². The molecule has 1 aromatic rings. The Hall–Kier alpha value is -1.52. The fourth-order valence-corrected chi connectivity index (χ4v) is 1.28. The number of rotatable bonds is 6. The fraction of sp³-hybridized carbons (Fsp3) is 0.455. The van der Waals surface area contributed by atoms with Crippen LogP contribution in [0.25, 0.3) is 0 Å². The summed E-state index contributed by atoms with van der Waals surface area (Å²) >= 11 is 0. The van der Waals surface area contributed by atoms with Crippen molar-refractivity contribution < 1.29 is 15.3 Å². The first kappa shape index (κ1) is 13.5. The Labute approximate surface area is 99.2 Å². The molecule has 1 aromatic heterocycles. The molecule has 0 fully saturated rings. The average molecular weight is 237 g/mol. The molecule has 0 aliphatic rings. The minimum atomic E-state index is -1.15. The van der Waals surface area contributed by atoms with E-state index in [0.717, 1.165) is 0 Å². The van der Waals surface area contributed by atoms with Gasteiger partial charge in [-0.05, 0) is 6.07 Å². The quantitative estimate of drug-likeness (QED) is 0.492. The van der Waals surface area contributed by atoms with E-state index in [9.17, 15) is 0 Å². The maximum absolute atomic E-state index is 9.12. The van der Waals surface area contributed by atoms with Crippen LogP contribution >= 0.6 is 0 Å². The van der Waals surface area contributed by atoms with Gasteiger partial charge in [0.25, 0.3) is 0 Å². The first-order valence-electron chi connectivity index (χ1n) is 5.13. The summed E-state index contributed by atoms with van der Waals surface area (Å²) in [6.45, 7) is -0.967. The normalized spacial score (nSPS) is 11.2. The lowest BCUT2D eigenvalue weighted by Crippen LogP contribution is -2.54. The standard InChI is InChI=1S/C11H15N3O3/c12-4-10-9(2-1-3-13-10)5-14-11(6-15,7-16)8-17/h1-3,14-17H,5-8H2. The number of aliphatic hydroxyl groups excluding tert-OH is 3. The van der Waals surface area contributed by atoms with Crippen LogP contribution in [0.1, 0.15) is 11.3 Å². The Balaban J connectivity index is 2.76. The van der Waals surface area contributed by atoms with Crippen LogP contribution in [-0.4, -0.2) is 45.7 Å². The summed E-state index contributed by atoms with van der Waals surface area (Å²) in [7, 11) is 0. The van der Waals surface area contributed by atoms with Gasteiger partial charge >= 0.3 is 0 Å². The predicted octanol–water partition coefficient (Wildman–Crippen LogP) is -1.24. The van der Waals surface area contributed by atoms with Crippen molar-refractivity contribution in [3.05, 3.63) is 29.6 Å². The van der Waals surface area contributed by atoms with Crippen molar-refractivity contribution in [2.45, 2.75) is 12.1 Å². The number of nitrogens with zero attached hydrogens (tertiary/aromatic N) is 2. The Morgan fingerprint density at radius 2 is 1.94 bits per heavy atom. The SMILES string of the molecule is N#Cc1ncccc1CNC(CO)(CO)CO. The highest BCUT2D eigenvalue weighted by molar-refractivity contribution is 5.30. The zero-order valence-corrected chi connectivity index (χ0v) is 9.30. The molecule has 1 heterocycles. The van der Waals surface area contributed by atoms with Crippen LogP contribution in [0.2, 0.25) is 0 Å². The van der Waals surface area contributed by atoms with E-state index in [-0.39, 0.29) is 12.2 Å². The highest BCUT2D eigenvalue weighted by Crippen LogP contribution is 2.07. The Morgan fingerprint density at radius 1 is 1.29 bits per heavy atom. The molecule has 0 unspecified atom stereocenters. The molecule has 0 radical (unpaired) electrons. The zero-order valence-electron chi connectivity index (χ0n) is 9.30. The molecule has 1 rings (SSSR count). The summed E-state index contributed by atoms with van der Waals surface area (Å²) in [6.07, 6.45) is 1.51. The summed E-state index contributed by atoms with van der Waals surface area (Å²) in [5.41, 5.74) is -0.222. The van der Waals surface area contributed by atoms with Crippen LogP contribution in [0.15, 0.2) is 18.3 Å². The zero-order chi connectivity index (χ0) is 12.7. The third kappa shape index (κ3) is 3.22. The Kier molecular flexibility index (Phi) is 5.00. The smallest absolute Gasteiger partial charge is 0.144 e. The second-order valence-electron chi connectivity index (χ2n) is 3.73. The van der Waals surface area contributed by atoms with E-state index >= 15 is 0 Å². The molecule has 0 saturated carbocycles. The highest BCUT2D eigenvalue weighted by atomic mass is 16.3. The fourth-order valence-electron chi connectivity index (χ4n) is 1.28. The van der Waals surface area contributed by atoms with Crippen LogP contribution in [-0.2, 0) is 6.54 Å². The first-order valence-corrected chi connectivity index (χ1v) is 5.13. The third-order valence-electron chi connectivity index (χ3n) is 2.56. The second-order valence-corrected chi connectivity index (χ2v) is 3.73. The predicted molar refractivity (Wildman–Crippen MR) is 59.8 cm³/mol. The van der Waals surface area contributed by atoms with Crippen LogP contribution in [0.4, 0.5) is 0 Å². The minimum Gasteiger partial charge on any atom is -0.394 e. The van der Waals surface area contributed by atoms with E-state index in [1.807, 2.05) is 6.07 Å². The van der Waals surface area contributed by atoms with Crippen molar-refractivity contribution in [1.82, 2.24) is 10.3 Å². The van der Waals surface area contributed by atoms with Gasteiger partial charge in [0.05, 0.1) is 25.4 Å². The largest absolute Gasteiger partial charge is 0.394 e. The molecular formula is C11H15N3O3. The van der Waals surface area contributed by atoms with E-state index in [4.69, 9.17) is 20.6 Å². The number of aromatic nitrogens is 1. The summed E-state index contributed by atoms with van der Waals surface area (Å²) in [4.78, 5) is 3.89. The van der Waals surface area contributed by atoms with Gasteiger partial charge < -0.3 is 20.6 Å². The summed E-state index contributed by atoms with van der Waals surface area (Å²) in [6, 6.07) is 5.36.